The van der Waals surface area contributed by atoms with Gasteiger partial charge in [-0.25, -0.2) is 0 Å². The first kappa shape index (κ1) is 35.6. The van der Waals surface area contributed by atoms with E-state index in [-0.39, 0.29) is 10.8 Å². The number of ether oxygens (including phenoxy) is 1. The monoisotopic (exact) mass is 640 g/mol. The third kappa shape index (κ3) is 10.9. The Morgan fingerprint density at radius 1 is 0.622 bits per heavy atom. The molecule has 0 bridgehead atoms. The van der Waals surface area contributed by atoms with Crippen LogP contribution in [0.3, 0.4) is 0 Å². The van der Waals surface area contributed by atoms with Crippen LogP contribution >= 0.6 is 17.2 Å². The number of para-hydroxylation sites is 4. The molecule has 6 heteroatoms. The second-order valence-electron chi connectivity index (χ2n) is 12.2. The summed E-state index contributed by atoms with van der Waals surface area (Å²) in [7, 11) is 0.501. The van der Waals surface area contributed by atoms with E-state index >= 15 is 0 Å². The molecule has 4 nitrogen and oxygen atoms in total. The molecule has 0 aliphatic rings. The molecule has 0 radical (unpaired) electrons. The molecule has 4 aromatic carbocycles. The molecule has 0 amide bonds. The molecule has 0 saturated carbocycles. The lowest BCUT2D eigenvalue weighted by Crippen LogP contribution is -2.13. The third-order valence-electron chi connectivity index (χ3n) is 6.58. The zero-order valence-electron chi connectivity index (χ0n) is 27.5. The lowest BCUT2D eigenvalue weighted by Gasteiger charge is -2.26. The van der Waals surface area contributed by atoms with Gasteiger partial charge in [0.2, 0.25) is 0 Å². The summed E-state index contributed by atoms with van der Waals surface area (Å²) in [5.41, 5.74) is 2.42. The Labute approximate surface area is 273 Å². The van der Waals surface area contributed by atoms with Gasteiger partial charge in [-0.1, -0.05) is 146 Å². The van der Waals surface area contributed by atoms with Crippen LogP contribution in [0.1, 0.15) is 52.7 Å². The lowest BCUT2D eigenvalue weighted by atomic mass is 9.86. The molecule has 0 aliphatic heterocycles. The smallest absolute Gasteiger partial charge is 0.326 e. The molecule has 0 N–H and O–H groups in total. The summed E-state index contributed by atoms with van der Waals surface area (Å²) in [5.74, 6) is 3.06. The molecule has 0 heterocycles. The lowest BCUT2D eigenvalue weighted by molar-refractivity contribution is 0.390. The van der Waals surface area contributed by atoms with E-state index in [9.17, 15) is 0 Å². The molecule has 0 aromatic heterocycles. The van der Waals surface area contributed by atoms with Crippen LogP contribution in [0.5, 0.6) is 23.0 Å². The summed E-state index contributed by atoms with van der Waals surface area (Å²) in [6.07, 6.45) is 5.30. The molecule has 0 saturated heterocycles. The van der Waals surface area contributed by atoms with Gasteiger partial charge in [0, 0.05) is 5.30 Å². The summed E-state index contributed by atoms with van der Waals surface area (Å²) in [6, 6.07) is 34.1. The van der Waals surface area contributed by atoms with Crippen LogP contribution in [0.2, 0.25) is 0 Å². The number of allylic oxidation sites excluding steroid dienone is 4. The standard InChI is InChI=1S/C23H27O3P.C16H19OP/c1-7-13-18(8-2)27(26-22-17-12-11-16-21(22)24-6)25-20-15-10-9-14-19(20)23(3,4)5;1-16(2,3)14-11-7-8-12-15(14)17-18-13-9-5-4-6-10-13/h7-17H,1-2H2,3-6H3;4-12,18H,1-3H3/b18-13+;. The van der Waals surface area contributed by atoms with Gasteiger partial charge in [0.15, 0.2) is 11.5 Å². The zero-order chi connectivity index (χ0) is 32.9. The van der Waals surface area contributed by atoms with Gasteiger partial charge in [0.25, 0.3) is 0 Å². The van der Waals surface area contributed by atoms with Gasteiger partial charge >= 0.3 is 8.38 Å². The fraction of sp³-hybridized carbons (Fsp3) is 0.231. The van der Waals surface area contributed by atoms with Crippen molar-refractivity contribution in [3.05, 3.63) is 151 Å². The molecule has 2 atom stereocenters. The zero-order valence-corrected chi connectivity index (χ0v) is 29.4. The van der Waals surface area contributed by atoms with Crippen LogP contribution in [0.15, 0.2) is 140 Å². The van der Waals surface area contributed by atoms with E-state index in [1.807, 2.05) is 72.8 Å². The first-order valence-corrected chi connectivity index (χ1v) is 17.0. The van der Waals surface area contributed by atoms with Crippen molar-refractivity contribution < 1.29 is 18.3 Å². The van der Waals surface area contributed by atoms with Crippen molar-refractivity contribution >= 4 is 22.5 Å². The minimum Gasteiger partial charge on any atom is -0.493 e. The highest BCUT2D eigenvalue weighted by Gasteiger charge is 2.25. The predicted molar refractivity (Wildman–Crippen MR) is 195 cm³/mol. The Kier molecular flexibility index (Phi) is 13.5. The Morgan fingerprint density at radius 3 is 1.62 bits per heavy atom. The SMILES string of the molecule is C=C/C=C(\C=C)P(Oc1ccccc1OC)Oc1ccccc1C(C)(C)C.CC(C)(C)c1ccccc1OPc1ccccc1. The topological polar surface area (TPSA) is 36.9 Å². The summed E-state index contributed by atoms with van der Waals surface area (Å²) in [5, 5.41) is 2.05. The summed E-state index contributed by atoms with van der Waals surface area (Å²) < 4.78 is 24.0. The van der Waals surface area contributed by atoms with E-state index in [4.69, 9.17) is 18.3 Å². The maximum absolute atomic E-state index is 6.38. The average molecular weight is 641 g/mol. The van der Waals surface area contributed by atoms with Gasteiger partial charge in [-0.2, -0.15) is 0 Å². The Balaban J connectivity index is 0.000000265. The minimum atomic E-state index is -1.48. The molecule has 0 aliphatic carbocycles. The van der Waals surface area contributed by atoms with Crippen molar-refractivity contribution in [1.29, 1.82) is 0 Å². The highest BCUT2D eigenvalue weighted by molar-refractivity contribution is 7.53. The molecule has 4 rings (SSSR count). The molecule has 0 fully saturated rings. The average Bonchev–Trinajstić information content (AvgIpc) is 3.03. The van der Waals surface area contributed by atoms with Crippen LogP contribution in [0.25, 0.3) is 0 Å². The molecule has 4 aromatic rings. The number of rotatable bonds is 11. The molecular formula is C39H46O4P2. The normalized spacial score (nSPS) is 12.5. The number of methoxy groups -OCH3 is 1. The van der Waals surface area contributed by atoms with Gasteiger partial charge in [-0.3, -0.25) is 0 Å². The van der Waals surface area contributed by atoms with Gasteiger partial charge in [0.1, 0.15) is 20.3 Å². The van der Waals surface area contributed by atoms with Crippen molar-refractivity contribution in [2.45, 2.75) is 52.4 Å². The third-order valence-corrected chi connectivity index (χ3v) is 8.95. The molecule has 2 unspecified atom stereocenters. The fourth-order valence-electron chi connectivity index (χ4n) is 4.28. The van der Waals surface area contributed by atoms with Gasteiger partial charge in [0.05, 0.1) is 12.4 Å². The van der Waals surface area contributed by atoms with E-state index in [0.717, 1.165) is 22.4 Å². The van der Waals surface area contributed by atoms with Crippen LogP contribution in [0.4, 0.5) is 0 Å². The molecule has 236 valence electrons. The van der Waals surface area contributed by atoms with E-state index in [1.54, 1.807) is 19.3 Å². The first-order chi connectivity index (χ1) is 21.5. The van der Waals surface area contributed by atoms with Crippen molar-refractivity contribution in [3.8, 4) is 23.0 Å². The fourth-order valence-corrected chi connectivity index (χ4v) is 6.31. The Hall–Kier alpha value is -3.84. The molecular weight excluding hydrogens is 594 g/mol. The van der Waals surface area contributed by atoms with Crippen LogP contribution in [0, 0.1) is 0 Å². The van der Waals surface area contributed by atoms with Gasteiger partial charge in [-0.05, 0) is 52.3 Å². The second kappa shape index (κ2) is 17.0. The quantitative estimate of drug-likeness (QED) is 0.121. The second-order valence-corrected chi connectivity index (χ2v) is 14.6. The van der Waals surface area contributed by atoms with Crippen molar-refractivity contribution in [2.24, 2.45) is 0 Å². The Bertz CT molecular complexity index is 1550. The van der Waals surface area contributed by atoms with Crippen molar-refractivity contribution in [1.82, 2.24) is 0 Å². The highest BCUT2D eigenvalue weighted by atomic mass is 31.2. The molecule has 0 spiro atoms. The summed E-state index contributed by atoms with van der Waals surface area (Å²) in [4.78, 5) is 0. The van der Waals surface area contributed by atoms with Crippen LogP contribution in [-0.2, 0) is 10.8 Å². The predicted octanol–water partition coefficient (Wildman–Crippen LogP) is 11.3. The number of hydrogen-bond donors (Lipinski definition) is 0. The van der Waals surface area contributed by atoms with E-state index < -0.39 is 8.38 Å². The van der Waals surface area contributed by atoms with Crippen molar-refractivity contribution in [2.75, 3.05) is 7.11 Å². The largest absolute Gasteiger partial charge is 0.493 e. The number of benzene rings is 4. The Morgan fingerprint density at radius 2 is 1.09 bits per heavy atom. The van der Waals surface area contributed by atoms with Gasteiger partial charge in [-0.15, -0.1) is 0 Å². The van der Waals surface area contributed by atoms with E-state index in [0.29, 0.717) is 20.3 Å². The van der Waals surface area contributed by atoms with Crippen LogP contribution < -0.4 is 23.6 Å². The van der Waals surface area contributed by atoms with E-state index in [1.165, 1.54) is 10.9 Å². The maximum atomic E-state index is 6.38. The van der Waals surface area contributed by atoms with Gasteiger partial charge < -0.3 is 18.3 Å². The van der Waals surface area contributed by atoms with Crippen molar-refractivity contribution in [3.63, 3.8) is 0 Å². The molecule has 45 heavy (non-hydrogen) atoms. The van der Waals surface area contributed by atoms with Crippen LogP contribution in [-0.4, -0.2) is 7.11 Å². The summed E-state index contributed by atoms with van der Waals surface area (Å²) >= 11 is 0. The summed E-state index contributed by atoms with van der Waals surface area (Å²) in [6.45, 7) is 20.8. The maximum Gasteiger partial charge on any atom is 0.326 e. The minimum absolute atomic E-state index is 0.0570. The first-order valence-electron chi connectivity index (χ1n) is 14.9. The van der Waals surface area contributed by atoms with E-state index in [2.05, 4.69) is 91.1 Å². The number of hydrogen-bond acceptors (Lipinski definition) is 4. The highest BCUT2D eigenvalue weighted by Crippen LogP contribution is 2.51.